The smallest absolute Gasteiger partial charge is 0.302 e. The van der Waals surface area contributed by atoms with E-state index in [-0.39, 0.29) is 30.0 Å². The van der Waals surface area contributed by atoms with E-state index in [1.54, 1.807) is 11.8 Å². The third kappa shape index (κ3) is 2.81. The molecule has 3 rings (SSSR count). The summed E-state index contributed by atoms with van der Waals surface area (Å²) >= 11 is 1.58. The molecular formula is C18H18O4S. The van der Waals surface area contributed by atoms with Crippen molar-refractivity contribution in [3.8, 4) is 5.75 Å². The van der Waals surface area contributed by atoms with Gasteiger partial charge in [-0.05, 0) is 23.6 Å². The van der Waals surface area contributed by atoms with Gasteiger partial charge in [0.2, 0.25) is 0 Å². The molecule has 0 radical (unpaired) electrons. The summed E-state index contributed by atoms with van der Waals surface area (Å²) < 4.78 is 5.08. The number of phenolic OH excluding ortho intramolecular Hbond substituents is 1. The lowest BCUT2D eigenvalue weighted by Gasteiger charge is -2.27. The molecule has 1 aliphatic rings. The number of rotatable bonds is 3. The van der Waals surface area contributed by atoms with Crippen LogP contribution in [0.15, 0.2) is 29.2 Å². The number of benzene rings is 2. The van der Waals surface area contributed by atoms with Crippen molar-refractivity contribution in [3.63, 3.8) is 0 Å². The Labute approximate surface area is 138 Å². The number of phenols is 1. The van der Waals surface area contributed by atoms with Crippen molar-refractivity contribution in [3.05, 3.63) is 35.4 Å². The molecule has 0 saturated carbocycles. The number of fused-ring (bicyclic) bond motifs is 2. The van der Waals surface area contributed by atoms with Crippen LogP contribution in [0.1, 0.15) is 29.3 Å². The van der Waals surface area contributed by atoms with Crippen molar-refractivity contribution >= 4 is 34.3 Å². The first-order valence-electron chi connectivity index (χ1n) is 7.50. The molecule has 0 bridgehead atoms. The SMILES string of the molecule is CSc1c2c(c(O)c3ccccc13)C(=O)CC(COC(C)=O)C2. The number of carbonyl (C=O) groups excluding carboxylic acids is 2. The lowest BCUT2D eigenvalue weighted by Crippen LogP contribution is -2.25. The van der Waals surface area contributed by atoms with E-state index in [1.165, 1.54) is 6.92 Å². The van der Waals surface area contributed by atoms with E-state index in [0.29, 0.717) is 23.8 Å². The van der Waals surface area contributed by atoms with E-state index in [2.05, 4.69) is 0 Å². The highest BCUT2D eigenvalue weighted by Crippen LogP contribution is 2.43. The molecule has 0 heterocycles. The minimum atomic E-state index is -0.338. The number of ether oxygens (including phenoxy) is 1. The van der Waals surface area contributed by atoms with Gasteiger partial charge in [0.05, 0.1) is 12.2 Å². The minimum absolute atomic E-state index is 0.0367. The number of hydrogen-bond donors (Lipinski definition) is 1. The van der Waals surface area contributed by atoms with E-state index in [0.717, 1.165) is 15.8 Å². The van der Waals surface area contributed by atoms with Crippen LogP contribution in [-0.4, -0.2) is 29.7 Å². The molecule has 120 valence electrons. The van der Waals surface area contributed by atoms with Gasteiger partial charge in [-0.15, -0.1) is 11.8 Å². The van der Waals surface area contributed by atoms with Gasteiger partial charge in [0.1, 0.15) is 5.75 Å². The Kier molecular flexibility index (Phi) is 4.31. The third-order valence-corrected chi connectivity index (χ3v) is 5.09. The first kappa shape index (κ1) is 15.9. The number of thioether (sulfide) groups is 1. The first-order chi connectivity index (χ1) is 11.0. The molecule has 0 aliphatic heterocycles. The van der Waals surface area contributed by atoms with Crippen molar-refractivity contribution in [1.29, 1.82) is 0 Å². The summed E-state index contributed by atoms with van der Waals surface area (Å²) in [5.41, 5.74) is 1.31. The van der Waals surface area contributed by atoms with Crippen LogP contribution in [-0.2, 0) is 16.0 Å². The Morgan fingerprint density at radius 2 is 2.00 bits per heavy atom. The quantitative estimate of drug-likeness (QED) is 0.688. The summed E-state index contributed by atoms with van der Waals surface area (Å²) in [4.78, 5) is 24.6. The molecule has 0 saturated heterocycles. The van der Waals surface area contributed by atoms with Crippen molar-refractivity contribution in [1.82, 2.24) is 0 Å². The summed E-state index contributed by atoms with van der Waals surface area (Å²) in [7, 11) is 0. The molecule has 4 nitrogen and oxygen atoms in total. The van der Waals surface area contributed by atoms with E-state index < -0.39 is 0 Å². The summed E-state index contributed by atoms with van der Waals surface area (Å²) in [6.07, 6.45) is 2.89. The maximum absolute atomic E-state index is 12.6. The molecular weight excluding hydrogens is 312 g/mol. The summed E-state index contributed by atoms with van der Waals surface area (Å²) in [5, 5.41) is 12.2. The highest BCUT2D eigenvalue weighted by atomic mass is 32.2. The monoisotopic (exact) mass is 330 g/mol. The van der Waals surface area contributed by atoms with Gasteiger partial charge >= 0.3 is 5.97 Å². The molecule has 0 amide bonds. The van der Waals surface area contributed by atoms with E-state index >= 15 is 0 Å². The number of hydrogen-bond acceptors (Lipinski definition) is 5. The summed E-state index contributed by atoms with van der Waals surface area (Å²) in [5.74, 6) is -0.383. The van der Waals surface area contributed by atoms with Crippen LogP contribution in [0.2, 0.25) is 0 Å². The van der Waals surface area contributed by atoms with Gasteiger partial charge in [-0.2, -0.15) is 0 Å². The first-order valence-corrected chi connectivity index (χ1v) is 8.72. The molecule has 5 heteroatoms. The summed E-state index contributed by atoms with van der Waals surface area (Å²) in [6.45, 7) is 1.60. The Morgan fingerprint density at radius 1 is 1.30 bits per heavy atom. The van der Waals surface area contributed by atoms with Gasteiger partial charge in [0.25, 0.3) is 0 Å². The number of esters is 1. The fraction of sp³-hybridized carbons (Fsp3) is 0.333. The van der Waals surface area contributed by atoms with Crippen molar-refractivity contribution in [2.45, 2.75) is 24.7 Å². The molecule has 2 aromatic rings. The van der Waals surface area contributed by atoms with Gasteiger partial charge in [-0.3, -0.25) is 9.59 Å². The molecule has 0 fully saturated rings. The topological polar surface area (TPSA) is 63.6 Å². The fourth-order valence-electron chi connectivity index (χ4n) is 3.25. The molecule has 0 aromatic heterocycles. The Hall–Kier alpha value is -2.01. The molecule has 23 heavy (non-hydrogen) atoms. The minimum Gasteiger partial charge on any atom is -0.507 e. The highest BCUT2D eigenvalue weighted by Gasteiger charge is 2.32. The van der Waals surface area contributed by atoms with Gasteiger partial charge in [0, 0.05) is 29.5 Å². The standard InChI is InChI=1S/C18H18O4S/c1-10(19)22-9-11-7-14-16(15(20)8-11)17(21)12-5-3-4-6-13(12)18(14)23-2/h3-6,11,21H,7-9H2,1-2H3. The average molecular weight is 330 g/mol. The Bertz CT molecular complexity index is 797. The molecule has 1 unspecified atom stereocenters. The number of aromatic hydroxyl groups is 1. The maximum atomic E-state index is 12.6. The van der Waals surface area contributed by atoms with Crippen LogP contribution >= 0.6 is 11.8 Å². The molecule has 0 spiro atoms. The largest absolute Gasteiger partial charge is 0.507 e. The second kappa shape index (κ2) is 6.24. The second-order valence-electron chi connectivity index (χ2n) is 5.78. The lowest BCUT2D eigenvalue weighted by atomic mass is 9.81. The average Bonchev–Trinajstić information content (AvgIpc) is 2.53. The van der Waals surface area contributed by atoms with Gasteiger partial charge in [-0.25, -0.2) is 0 Å². The van der Waals surface area contributed by atoms with Crippen LogP contribution in [0.3, 0.4) is 0 Å². The predicted octanol–water partition coefficient (Wildman–Crippen LogP) is 3.58. The summed E-state index contributed by atoms with van der Waals surface area (Å²) in [6, 6.07) is 7.58. The number of carbonyl (C=O) groups is 2. The van der Waals surface area contributed by atoms with Crippen LogP contribution in [0.25, 0.3) is 10.8 Å². The maximum Gasteiger partial charge on any atom is 0.302 e. The zero-order valence-corrected chi connectivity index (χ0v) is 13.9. The van der Waals surface area contributed by atoms with E-state index in [1.807, 2.05) is 30.5 Å². The van der Waals surface area contributed by atoms with E-state index in [9.17, 15) is 14.7 Å². The van der Waals surface area contributed by atoms with Crippen LogP contribution < -0.4 is 0 Å². The molecule has 1 aliphatic carbocycles. The van der Waals surface area contributed by atoms with Crippen LogP contribution in [0, 0.1) is 5.92 Å². The van der Waals surface area contributed by atoms with Crippen LogP contribution in [0.4, 0.5) is 0 Å². The lowest BCUT2D eigenvalue weighted by molar-refractivity contribution is -0.142. The Balaban J connectivity index is 2.12. The van der Waals surface area contributed by atoms with Gasteiger partial charge in [0.15, 0.2) is 5.78 Å². The van der Waals surface area contributed by atoms with Gasteiger partial charge < -0.3 is 9.84 Å². The molecule has 1 N–H and O–H groups in total. The van der Waals surface area contributed by atoms with Crippen molar-refractivity contribution < 1.29 is 19.4 Å². The second-order valence-corrected chi connectivity index (χ2v) is 6.60. The molecule has 1 atom stereocenters. The zero-order valence-electron chi connectivity index (χ0n) is 13.1. The van der Waals surface area contributed by atoms with Gasteiger partial charge in [-0.1, -0.05) is 24.3 Å². The Morgan fingerprint density at radius 3 is 2.65 bits per heavy atom. The molecule has 2 aromatic carbocycles. The third-order valence-electron chi connectivity index (χ3n) is 4.21. The fourth-order valence-corrected chi connectivity index (χ4v) is 4.08. The zero-order chi connectivity index (χ0) is 16.6. The number of Topliss-reactive ketones (excluding diaryl/α,β-unsaturated/α-hetero) is 1. The van der Waals surface area contributed by atoms with Crippen LogP contribution in [0.5, 0.6) is 5.75 Å². The van der Waals surface area contributed by atoms with Crippen molar-refractivity contribution in [2.75, 3.05) is 12.9 Å². The highest BCUT2D eigenvalue weighted by molar-refractivity contribution is 7.98. The van der Waals surface area contributed by atoms with Crippen molar-refractivity contribution in [2.24, 2.45) is 5.92 Å². The normalized spacial score (nSPS) is 17.1. The number of ketones is 1. The van der Waals surface area contributed by atoms with E-state index in [4.69, 9.17) is 4.74 Å². The predicted molar refractivity (Wildman–Crippen MR) is 90.2 cm³/mol.